The van der Waals surface area contributed by atoms with Crippen LogP contribution in [0.25, 0.3) is 0 Å². The van der Waals surface area contributed by atoms with Crippen LogP contribution in [0.2, 0.25) is 0 Å². The van der Waals surface area contributed by atoms with Crippen LogP contribution in [-0.2, 0) is 10.0 Å². The molecule has 0 unspecified atom stereocenters. The van der Waals surface area contributed by atoms with Crippen molar-refractivity contribution in [2.75, 3.05) is 20.1 Å². The van der Waals surface area contributed by atoms with Crippen molar-refractivity contribution in [3.63, 3.8) is 0 Å². The largest absolute Gasteiger partial charge is 0.306 e. The number of nitrogens with one attached hydrogen (secondary N) is 1. The van der Waals surface area contributed by atoms with E-state index in [1.165, 1.54) is 0 Å². The van der Waals surface area contributed by atoms with E-state index in [4.69, 9.17) is 0 Å². The summed E-state index contributed by atoms with van der Waals surface area (Å²) in [5, 5.41) is 0. The molecule has 1 heterocycles. The van der Waals surface area contributed by atoms with E-state index in [9.17, 15) is 17.2 Å². The zero-order valence-corrected chi connectivity index (χ0v) is 13.3. The van der Waals surface area contributed by atoms with Gasteiger partial charge in [0.2, 0.25) is 10.0 Å². The first kappa shape index (κ1) is 15.8. The average molecular weight is 369 g/mol. The number of rotatable bonds is 3. The van der Waals surface area contributed by atoms with Gasteiger partial charge in [0.1, 0.15) is 16.5 Å². The third kappa shape index (κ3) is 3.55. The normalized spacial score (nSPS) is 18.4. The fourth-order valence-corrected chi connectivity index (χ4v) is 4.00. The summed E-state index contributed by atoms with van der Waals surface area (Å²) in [6, 6.07) is 1.29. The maximum absolute atomic E-state index is 13.7. The Hall–Kier alpha value is -0.570. The van der Waals surface area contributed by atoms with Crippen molar-refractivity contribution in [1.82, 2.24) is 9.62 Å². The molecule has 2 rings (SSSR count). The smallest absolute Gasteiger partial charge is 0.243 e. The van der Waals surface area contributed by atoms with Gasteiger partial charge in [-0.3, -0.25) is 0 Å². The van der Waals surface area contributed by atoms with Gasteiger partial charge in [0.15, 0.2) is 0 Å². The van der Waals surface area contributed by atoms with Crippen LogP contribution < -0.4 is 4.72 Å². The Bertz CT molecular complexity index is 602. The predicted octanol–water partition coefficient (Wildman–Crippen LogP) is 2.10. The molecule has 1 aromatic rings. The zero-order chi connectivity index (χ0) is 14.9. The Labute approximate surface area is 125 Å². The molecule has 1 aromatic carbocycles. The number of hydrogen-bond acceptors (Lipinski definition) is 3. The van der Waals surface area contributed by atoms with Gasteiger partial charge in [-0.05, 0) is 55.0 Å². The second-order valence-electron chi connectivity index (χ2n) is 4.90. The van der Waals surface area contributed by atoms with Gasteiger partial charge < -0.3 is 4.90 Å². The van der Waals surface area contributed by atoms with E-state index in [2.05, 4.69) is 25.6 Å². The van der Waals surface area contributed by atoms with Gasteiger partial charge in [0.25, 0.3) is 0 Å². The minimum atomic E-state index is -3.99. The van der Waals surface area contributed by atoms with E-state index >= 15 is 0 Å². The highest BCUT2D eigenvalue weighted by Gasteiger charge is 2.26. The lowest BCUT2D eigenvalue weighted by atomic mass is 10.1. The van der Waals surface area contributed by atoms with Gasteiger partial charge in [0, 0.05) is 12.1 Å². The number of benzene rings is 1. The van der Waals surface area contributed by atoms with Crippen LogP contribution in [0.3, 0.4) is 0 Å². The quantitative estimate of drug-likeness (QED) is 0.831. The number of likely N-dealkylation sites (tertiary alicyclic amines) is 1. The fraction of sp³-hybridized carbons (Fsp3) is 0.500. The first-order chi connectivity index (χ1) is 9.29. The van der Waals surface area contributed by atoms with Gasteiger partial charge in [-0.25, -0.2) is 21.9 Å². The van der Waals surface area contributed by atoms with E-state index < -0.39 is 26.6 Å². The SMILES string of the molecule is CN1CCC(NS(=O)(=O)c2cc(Br)c(F)cc2F)CC1. The third-order valence-corrected chi connectivity index (χ3v) is 5.45. The van der Waals surface area contributed by atoms with Crippen LogP contribution in [0.1, 0.15) is 12.8 Å². The highest BCUT2D eigenvalue weighted by atomic mass is 79.9. The summed E-state index contributed by atoms with van der Waals surface area (Å²) in [7, 11) is -2.03. The standard InChI is InChI=1S/C12H15BrF2N2O2S/c1-17-4-2-8(3-5-17)16-20(18,19)12-6-9(13)10(14)7-11(12)15/h6-8,16H,2-5H2,1H3. The van der Waals surface area contributed by atoms with E-state index in [1.54, 1.807) is 0 Å². The van der Waals surface area contributed by atoms with Crippen LogP contribution in [0, 0.1) is 11.6 Å². The molecule has 0 saturated carbocycles. The highest BCUT2D eigenvalue weighted by molar-refractivity contribution is 9.10. The summed E-state index contributed by atoms with van der Waals surface area (Å²) >= 11 is 2.87. The Morgan fingerprint density at radius 2 is 1.85 bits per heavy atom. The van der Waals surface area contributed by atoms with E-state index in [0.29, 0.717) is 18.9 Å². The lowest BCUT2D eigenvalue weighted by molar-refractivity contribution is 0.248. The minimum Gasteiger partial charge on any atom is -0.306 e. The van der Waals surface area contributed by atoms with Crippen LogP contribution >= 0.6 is 15.9 Å². The van der Waals surface area contributed by atoms with E-state index in [-0.39, 0.29) is 10.5 Å². The Kier molecular flexibility index (Phi) is 4.78. The van der Waals surface area contributed by atoms with Crippen molar-refractivity contribution in [3.8, 4) is 0 Å². The molecule has 20 heavy (non-hydrogen) atoms. The van der Waals surface area contributed by atoms with Crippen molar-refractivity contribution >= 4 is 26.0 Å². The number of halogens is 3. The van der Waals surface area contributed by atoms with Gasteiger partial charge in [-0.2, -0.15) is 0 Å². The van der Waals surface area contributed by atoms with E-state index in [0.717, 1.165) is 19.2 Å². The average Bonchev–Trinajstić information content (AvgIpc) is 2.36. The Morgan fingerprint density at radius 3 is 2.45 bits per heavy atom. The summed E-state index contributed by atoms with van der Waals surface area (Å²) < 4.78 is 53.5. The van der Waals surface area contributed by atoms with Crippen molar-refractivity contribution in [3.05, 3.63) is 28.2 Å². The molecule has 0 atom stereocenters. The predicted molar refractivity (Wildman–Crippen MR) is 74.9 cm³/mol. The highest BCUT2D eigenvalue weighted by Crippen LogP contribution is 2.24. The number of nitrogens with zero attached hydrogens (tertiary/aromatic N) is 1. The van der Waals surface area contributed by atoms with Gasteiger partial charge in [0.05, 0.1) is 4.47 Å². The minimum absolute atomic E-state index is 0.0809. The topological polar surface area (TPSA) is 49.4 Å². The second kappa shape index (κ2) is 6.05. The molecular weight excluding hydrogens is 354 g/mol. The summed E-state index contributed by atoms with van der Waals surface area (Å²) in [5.74, 6) is -1.92. The van der Waals surface area contributed by atoms with E-state index in [1.807, 2.05) is 7.05 Å². The summed E-state index contributed by atoms with van der Waals surface area (Å²) in [6.07, 6.45) is 1.33. The Balaban J connectivity index is 2.20. The van der Waals surface area contributed by atoms with Crippen molar-refractivity contribution in [2.24, 2.45) is 0 Å². The molecule has 112 valence electrons. The van der Waals surface area contributed by atoms with Gasteiger partial charge in [-0.15, -0.1) is 0 Å². The second-order valence-corrected chi connectivity index (χ2v) is 7.43. The molecule has 0 aliphatic carbocycles. The molecule has 1 N–H and O–H groups in total. The molecule has 1 aliphatic heterocycles. The molecule has 0 radical (unpaired) electrons. The maximum atomic E-state index is 13.7. The fourth-order valence-electron chi connectivity index (χ4n) is 2.12. The summed E-state index contributed by atoms with van der Waals surface area (Å²) in [4.78, 5) is 1.56. The zero-order valence-electron chi connectivity index (χ0n) is 10.9. The van der Waals surface area contributed by atoms with Crippen LogP contribution in [-0.4, -0.2) is 39.5 Å². The van der Waals surface area contributed by atoms with Crippen LogP contribution in [0.15, 0.2) is 21.5 Å². The maximum Gasteiger partial charge on any atom is 0.243 e. The Morgan fingerprint density at radius 1 is 1.25 bits per heavy atom. The molecule has 1 aliphatic rings. The van der Waals surface area contributed by atoms with Gasteiger partial charge in [-0.1, -0.05) is 0 Å². The molecule has 0 bridgehead atoms. The van der Waals surface area contributed by atoms with Crippen molar-refractivity contribution in [1.29, 1.82) is 0 Å². The number of sulfonamides is 1. The molecular formula is C12H15BrF2N2O2S. The first-order valence-electron chi connectivity index (χ1n) is 6.15. The first-order valence-corrected chi connectivity index (χ1v) is 8.42. The van der Waals surface area contributed by atoms with Gasteiger partial charge >= 0.3 is 0 Å². The van der Waals surface area contributed by atoms with Crippen molar-refractivity contribution < 1.29 is 17.2 Å². The van der Waals surface area contributed by atoms with Crippen LogP contribution in [0.5, 0.6) is 0 Å². The molecule has 1 fully saturated rings. The molecule has 0 aromatic heterocycles. The number of hydrogen-bond donors (Lipinski definition) is 1. The lowest BCUT2D eigenvalue weighted by Crippen LogP contribution is -2.43. The molecule has 4 nitrogen and oxygen atoms in total. The number of piperidine rings is 1. The third-order valence-electron chi connectivity index (χ3n) is 3.30. The molecule has 1 saturated heterocycles. The van der Waals surface area contributed by atoms with Crippen molar-refractivity contribution in [2.45, 2.75) is 23.8 Å². The summed E-state index contributed by atoms with van der Waals surface area (Å²) in [6.45, 7) is 1.56. The lowest BCUT2D eigenvalue weighted by Gasteiger charge is -2.29. The molecule has 8 heteroatoms. The molecule has 0 spiro atoms. The summed E-state index contributed by atoms with van der Waals surface area (Å²) in [5.41, 5.74) is 0. The van der Waals surface area contributed by atoms with Crippen LogP contribution in [0.4, 0.5) is 8.78 Å². The molecule has 0 amide bonds. The monoisotopic (exact) mass is 368 g/mol.